The van der Waals surface area contributed by atoms with Crippen LogP contribution in [0.25, 0.3) is 0 Å². The lowest BCUT2D eigenvalue weighted by atomic mass is 10.2. The molecule has 0 amide bonds. The summed E-state index contributed by atoms with van der Waals surface area (Å²) in [4.78, 5) is 13.4. The summed E-state index contributed by atoms with van der Waals surface area (Å²) in [6.07, 6.45) is 0. The highest BCUT2D eigenvalue weighted by molar-refractivity contribution is 7.96. The topological polar surface area (TPSA) is 51.0 Å². The molecule has 0 spiro atoms. The summed E-state index contributed by atoms with van der Waals surface area (Å²) < 4.78 is 5.29. The summed E-state index contributed by atoms with van der Waals surface area (Å²) in [5, 5.41) is 12.1. The zero-order valence-electron chi connectivity index (χ0n) is 18.6. The Balaban J connectivity index is 2.16. The maximum Gasteiger partial charge on any atom is 0.359 e. The van der Waals surface area contributed by atoms with E-state index in [4.69, 9.17) is 4.74 Å². The Morgan fingerprint density at radius 1 is 0.667 bits per heavy atom. The first kappa shape index (κ1) is 22.4. The lowest BCUT2D eigenvalue weighted by Crippen LogP contribution is -2.33. The summed E-state index contributed by atoms with van der Waals surface area (Å²) >= 11 is 0. The van der Waals surface area contributed by atoms with Crippen molar-refractivity contribution in [3.05, 3.63) is 121 Å². The van der Waals surface area contributed by atoms with Crippen LogP contribution in [0.2, 0.25) is 0 Å². The summed E-state index contributed by atoms with van der Waals surface area (Å²) in [6.45, 7) is -0.683. The molecule has 0 saturated carbocycles. The fraction of sp³-hybridized carbons (Fsp3) is 0.0714. The fourth-order valence-corrected chi connectivity index (χ4v) is 7.85. The van der Waals surface area contributed by atoms with Crippen LogP contribution in [0, 0.1) is 6.92 Å². The molecule has 4 aromatic rings. The van der Waals surface area contributed by atoms with Crippen molar-refractivity contribution >= 4 is 39.9 Å². The number of ether oxygens (including phenoxy) is 1. The van der Waals surface area contributed by atoms with E-state index in [-0.39, 0.29) is 0 Å². The minimum absolute atomic E-state index is 0.300. The van der Waals surface area contributed by atoms with Crippen molar-refractivity contribution in [1.82, 2.24) is 0 Å². The van der Waals surface area contributed by atoms with Gasteiger partial charge in [0.15, 0.2) is 5.42 Å². The number of esters is 1. The summed E-state index contributed by atoms with van der Waals surface area (Å²) in [6, 6.07) is 37.9. The molecule has 4 aromatic carbocycles. The maximum atomic E-state index is 13.4. The van der Waals surface area contributed by atoms with Gasteiger partial charge in [0, 0.05) is 6.89 Å². The SMILES string of the molecule is COC(=O)C(N=Nc1ccc(C)cc1)=P(c1ccccc1)(c1ccccc1)c1ccccc1. The average Bonchev–Trinajstić information content (AvgIpc) is 2.89. The van der Waals surface area contributed by atoms with Crippen LogP contribution in [0.15, 0.2) is 125 Å². The third-order valence-corrected chi connectivity index (χ3v) is 9.54. The predicted octanol–water partition coefficient (Wildman–Crippen LogP) is 5.38. The Hall–Kier alpha value is -3.75. The third kappa shape index (κ3) is 4.57. The first-order valence-electron chi connectivity index (χ1n) is 10.7. The van der Waals surface area contributed by atoms with Gasteiger partial charge in [-0.05, 0) is 35.0 Å². The monoisotopic (exact) mass is 452 g/mol. The molecule has 164 valence electrons. The molecule has 0 heterocycles. The molecule has 0 unspecified atom stereocenters. The molecular formula is C28H25N2O2P. The maximum absolute atomic E-state index is 13.4. The third-order valence-electron chi connectivity index (χ3n) is 5.41. The minimum Gasteiger partial charge on any atom is -0.464 e. The van der Waals surface area contributed by atoms with Crippen LogP contribution in [0.4, 0.5) is 5.69 Å². The summed E-state index contributed by atoms with van der Waals surface area (Å²) in [5.41, 5.74) is 2.11. The summed E-state index contributed by atoms with van der Waals surface area (Å²) in [5.74, 6) is -0.490. The van der Waals surface area contributed by atoms with Crippen LogP contribution >= 0.6 is 6.89 Å². The average molecular weight is 452 g/mol. The largest absolute Gasteiger partial charge is 0.464 e. The van der Waals surface area contributed by atoms with Gasteiger partial charge in [0.1, 0.15) is 0 Å². The van der Waals surface area contributed by atoms with Gasteiger partial charge in [-0.25, -0.2) is 4.79 Å². The number of hydrogen-bond donors (Lipinski definition) is 0. The van der Waals surface area contributed by atoms with Gasteiger partial charge in [-0.15, -0.1) is 5.11 Å². The Bertz CT molecular complexity index is 1200. The van der Waals surface area contributed by atoms with E-state index in [2.05, 4.69) is 46.6 Å². The second-order valence-corrected chi connectivity index (χ2v) is 10.8. The molecule has 4 rings (SSSR count). The lowest BCUT2D eigenvalue weighted by molar-refractivity contribution is -0.132. The molecule has 0 N–H and O–H groups in total. The van der Waals surface area contributed by atoms with E-state index in [0.717, 1.165) is 21.5 Å². The number of aryl methyl sites for hydroxylation is 1. The number of carbonyl (C=O) groups is 1. The highest BCUT2D eigenvalue weighted by Gasteiger charge is 2.34. The second kappa shape index (κ2) is 10.2. The number of methoxy groups -OCH3 is 1. The van der Waals surface area contributed by atoms with E-state index in [9.17, 15) is 4.79 Å². The van der Waals surface area contributed by atoms with Crippen molar-refractivity contribution in [3.63, 3.8) is 0 Å². The molecular weight excluding hydrogens is 427 g/mol. The highest BCUT2D eigenvalue weighted by Crippen LogP contribution is 2.47. The van der Waals surface area contributed by atoms with Crippen LogP contribution in [-0.2, 0) is 9.53 Å². The van der Waals surface area contributed by atoms with Crippen molar-refractivity contribution in [1.29, 1.82) is 0 Å². The molecule has 0 bridgehead atoms. The number of carbonyl (C=O) groups excluding carboxylic acids is 1. The number of benzene rings is 4. The molecule has 0 atom stereocenters. The molecule has 33 heavy (non-hydrogen) atoms. The Labute approximate surface area is 194 Å². The van der Waals surface area contributed by atoms with E-state index in [1.807, 2.05) is 85.8 Å². The van der Waals surface area contributed by atoms with Crippen molar-refractivity contribution in [2.75, 3.05) is 7.11 Å². The van der Waals surface area contributed by atoms with Crippen LogP contribution in [0.5, 0.6) is 0 Å². The van der Waals surface area contributed by atoms with Crippen molar-refractivity contribution in [2.24, 2.45) is 10.2 Å². The molecule has 0 aliphatic heterocycles. The molecule has 0 saturated heterocycles. The number of azo groups is 1. The van der Waals surface area contributed by atoms with E-state index in [1.165, 1.54) is 7.11 Å². The fourth-order valence-electron chi connectivity index (χ4n) is 3.82. The quantitative estimate of drug-likeness (QED) is 0.224. The van der Waals surface area contributed by atoms with Gasteiger partial charge in [0.2, 0.25) is 0 Å². The zero-order valence-corrected chi connectivity index (χ0v) is 19.5. The van der Waals surface area contributed by atoms with Crippen molar-refractivity contribution < 1.29 is 9.53 Å². The molecule has 0 aliphatic rings. The van der Waals surface area contributed by atoms with Crippen molar-refractivity contribution in [2.45, 2.75) is 6.92 Å². The number of nitrogens with zero attached hydrogens (tertiary/aromatic N) is 2. The van der Waals surface area contributed by atoms with Crippen LogP contribution in [-0.4, -0.2) is 18.5 Å². The smallest absolute Gasteiger partial charge is 0.359 e. The van der Waals surface area contributed by atoms with Gasteiger partial charge in [0.05, 0.1) is 12.8 Å². The van der Waals surface area contributed by atoms with Gasteiger partial charge in [-0.1, -0.05) is 109 Å². The molecule has 0 fully saturated rings. The lowest BCUT2D eigenvalue weighted by Gasteiger charge is -2.29. The van der Waals surface area contributed by atoms with Crippen LogP contribution in [0.3, 0.4) is 0 Å². The molecule has 0 radical (unpaired) electrons. The van der Waals surface area contributed by atoms with Crippen molar-refractivity contribution in [3.8, 4) is 0 Å². The van der Waals surface area contributed by atoms with Gasteiger partial charge in [-0.3, -0.25) is 0 Å². The summed E-state index contributed by atoms with van der Waals surface area (Å²) in [7, 11) is 1.39. The van der Waals surface area contributed by atoms with Crippen LogP contribution < -0.4 is 15.9 Å². The van der Waals surface area contributed by atoms with E-state index >= 15 is 0 Å². The first-order chi connectivity index (χ1) is 16.2. The first-order valence-corrected chi connectivity index (χ1v) is 12.5. The van der Waals surface area contributed by atoms with Gasteiger partial charge in [-0.2, -0.15) is 5.11 Å². The van der Waals surface area contributed by atoms with Crippen LogP contribution in [0.1, 0.15) is 5.56 Å². The molecule has 0 aromatic heterocycles. The number of hydrogen-bond acceptors (Lipinski definition) is 3. The molecule has 0 aliphatic carbocycles. The second-order valence-electron chi connectivity index (χ2n) is 7.53. The normalized spacial score (nSPS) is 11.3. The minimum atomic E-state index is -2.70. The van der Waals surface area contributed by atoms with E-state index in [1.54, 1.807) is 0 Å². The highest BCUT2D eigenvalue weighted by atomic mass is 31.2. The Kier molecular flexibility index (Phi) is 6.97. The van der Waals surface area contributed by atoms with Gasteiger partial charge < -0.3 is 4.74 Å². The van der Waals surface area contributed by atoms with E-state index < -0.39 is 12.9 Å². The Morgan fingerprint density at radius 2 is 1.09 bits per heavy atom. The van der Waals surface area contributed by atoms with Gasteiger partial charge >= 0.3 is 5.97 Å². The molecule has 4 nitrogen and oxygen atoms in total. The Morgan fingerprint density at radius 3 is 1.48 bits per heavy atom. The standard InChI is InChI=1S/C28H25N2O2P/c1-22-18-20-23(21-19-22)29-30-27(28(31)32-2)33(24-12-6-3-7-13-24,25-14-8-4-9-15-25)26-16-10-5-11-17-26/h3-21H,1-2H3. The molecule has 5 heteroatoms. The van der Waals surface area contributed by atoms with Gasteiger partial charge in [0.25, 0.3) is 0 Å². The van der Waals surface area contributed by atoms with E-state index in [0.29, 0.717) is 11.1 Å². The number of rotatable bonds is 6. The zero-order chi connectivity index (χ0) is 23.1. The predicted molar refractivity (Wildman–Crippen MR) is 138 cm³/mol.